The van der Waals surface area contributed by atoms with Crippen LogP contribution in [-0.2, 0) is 28.7 Å². The summed E-state index contributed by atoms with van der Waals surface area (Å²) in [5.74, 6) is -2.99. The normalized spacial score (nSPS) is 28.1. The van der Waals surface area contributed by atoms with Crippen molar-refractivity contribution < 1.29 is 37.4 Å². The molecule has 5 bridgehead atoms. The highest BCUT2D eigenvalue weighted by molar-refractivity contribution is 5.91. The van der Waals surface area contributed by atoms with Gasteiger partial charge in [-0.25, -0.2) is 5.43 Å². The van der Waals surface area contributed by atoms with E-state index in [4.69, 9.17) is 14.5 Å². The molecule has 3 heterocycles. The summed E-state index contributed by atoms with van der Waals surface area (Å²) >= 11 is 0. The van der Waals surface area contributed by atoms with Crippen molar-refractivity contribution in [3.8, 4) is 0 Å². The first-order valence-corrected chi connectivity index (χ1v) is 15.1. The molecule has 2 aliphatic heterocycles. The number of amides is 3. The van der Waals surface area contributed by atoms with Crippen LogP contribution >= 0.6 is 0 Å². The minimum Gasteiger partial charge on any atom is -0.451 e. The third-order valence-corrected chi connectivity index (χ3v) is 7.87. The Hall–Kier alpha value is -3.97. The van der Waals surface area contributed by atoms with Gasteiger partial charge in [-0.1, -0.05) is 44.2 Å². The SMILES string of the molecule is CC(C)[C@@H]1OC(=O)[C@@](C)(COC(C)(F)F)/C=C/c2ccc3ccc(nc3c2)[C@@H](C)NC(=O)[C@@H]2CCCN(N2)C(=O)[C@H](C)NC1=O. The molecule has 0 spiro atoms. The molecule has 0 radical (unpaired) electrons. The lowest BCUT2D eigenvalue weighted by molar-refractivity contribution is -0.236. The smallest absolute Gasteiger partial charge is 0.352 e. The summed E-state index contributed by atoms with van der Waals surface area (Å²) in [6.45, 7) is 8.14. The highest BCUT2D eigenvalue weighted by Gasteiger charge is 2.40. The highest BCUT2D eigenvalue weighted by atomic mass is 19.3. The van der Waals surface area contributed by atoms with Crippen molar-refractivity contribution in [1.29, 1.82) is 0 Å². The number of halogens is 2. The molecule has 4 rings (SSSR count). The molecular weight excluding hydrogens is 588 g/mol. The third kappa shape index (κ3) is 8.40. The van der Waals surface area contributed by atoms with Crippen LogP contribution in [0.25, 0.3) is 17.0 Å². The molecule has 3 amide bonds. The summed E-state index contributed by atoms with van der Waals surface area (Å²) in [7, 11) is 0. The zero-order valence-electron chi connectivity index (χ0n) is 26.4. The topological polar surface area (TPSA) is 139 Å². The fraction of sp³-hybridized carbons (Fsp3) is 0.531. The predicted octanol–water partition coefficient (Wildman–Crippen LogP) is 3.64. The number of carbonyl (C=O) groups excluding carboxylic acids is 4. The molecule has 0 unspecified atom stereocenters. The molecule has 13 heteroatoms. The van der Waals surface area contributed by atoms with E-state index in [0.717, 1.165) is 5.39 Å². The van der Waals surface area contributed by atoms with E-state index in [0.29, 0.717) is 43.1 Å². The van der Waals surface area contributed by atoms with Crippen LogP contribution in [0.3, 0.4) is 0 Å². The number of hydrogen-bond donors (Lipinski definition) is 3. The number of cyclic esters (lactones) is 1. The van der Waals surface area contributed by atoms with Gasteiger partial charge >= 0.3 is 12.1 Å². The minimum atomic E-state index is -3.53. The summed E-state index contributed by atoms with van der Waals surface area (Å²) in [6, 6.07) is 6.90. The maximum Gasteiger partial charge on any atom is 0.352 e. The molecule has 1 aromatic carbocycles. The molecule has 0 aliphatic carbocycles. The molecule has 1 fully saturated rings. The zero-order valence-corrected chi connectivity index (χ0v) is 26.4. The standard InChI is InChI=1S/C32H41F2N5O6/c1-18(2)26-28(41)36-20(4)29(42)39-15-7-8-24(38-39)27(40)35-19(3)23-12-11-22-10-9-21(16-25(22)37-23)13-14-31(5,30(43)45-26)17-44-32(6,33)34/h9-14,16,18-20,24,26,38H,7-8,15,17H2,1-6H3,(H,35,40)(H,36,41)/b14-13+/t19-,20+,24+,26+,31-/m1/s1. The highest BCUT2D eigenvalue weighted by Crippen LogP contribution is 2.29. The number of hydrogen-bond acceptors (Lipinski definition) is 8. The first-order chi connectivity index (χ1) is 21.1. The number of rotatable bonds is 4. The van der Waals surface area contributed by atoms with Gasteiger partial charge in [0, 0.05) is 18.9 Å². The van der Waals surface area contributed by atoms with Gasteiger partial charge in [0.05, 0.1) is 23.9 Å². The van der Waals surface area contributed by atoms with Crippen molar-refractivity contribution in [2.24, 2.45) is 11.3 Å². The van der Waals surface area contributed by atoms with Gasteiger partial charge < -0.3 is 20.1 Å². The Bertz CT molecular complexity index is 1480. The molecular formula is C32H41F2N5O6. The molecule has 0 saturated carbocycles. The first kappa shape index (κ1) is 33.9. The number of nitrogens with one attached hydrogen (secondary N) is 3. The summed E-state index contributed by atoms with van der Waals surface area (Å²) in [5, 5.41) is 7.70. The van der Waals surface area contributed by atoms with Gasteiger partial charge in [0.15, 0.2) is 6.10 Å². The number of carbonyl (C=O) groups is 4. The minimum absolute atomic E-state index is 0.299. The van der Waals surface area contributed by atoms with E-state index in [-0.39, 0.29) is 5.91 Å². The Morgan fingerprint density at radius 3 is 2.47 bits per heavy atom. The van der Waals surface area contributed by atoms with Crippen molar-refractivity contribution in [3.05, 3.63) is 47.7 Å². The fourth-order valence-electron chi connectivity index (χ4n) is 5.08. The Morgan fingerprint density at radius 1 is 1.09 bits per heavy atom. The van der Waals surface area contributed by atoms with E-state index in [2.05, 4.69) is 16.1 Å². The Morgan fingerprint density at radius 2 is 1.78 bits per heavy atom. The maximum absolute atomic E-state index is 13.8. The number of aromatic nitrogens is 1. The van der Waals surface area contributed by atoms with E-state index in [1.54, 1.807) is 39.0 Å². The van der Waals surface area contributed by atoms with E-state index >= 15 is 0 Å². The van der Waals surface area contributed by atoms with E-state index in [9.17, 15) is 28.0 Å². The van der Waals surface area contributed by atoms with Gasteiger partial charge in [-0.3, -0.25) is 29.2 Å². The second-order valence-electron chi connectivity index (χ2n) is 12.4. The lowest BCUT2D eigenvalue weighted by atomic mass is 9.90. The molecule has 5 atom stereocenters. The molecule has 1 saturated heterocycles. The van der Waals surface area contributed by atoms with Gasteiger partial charge in [0.1, 0.15) is 17.5 Å². The summed E-state index contributed by atoms with van der Waals surface area (Å²) in [5.41, 5.74) is 3.09. The second-order valence-corrected chi connectivity index (χ2v) is 12.4. The average Bonchev–Trinajstić information content (AvgIpc) is 2.99. The Labute approximate surface area is 261 Å². The number of hydrazine groups is 1. The molecule has 11 nitrogen and oxygen atoms in total. The third-order valence-electron chi connectivity index (χ3n) is 7.87. The maximum atomic E-state index is 13.8. The molecule has 244 valence electrons. The van der Waals surface area contributed by atoms with Gasteiger partial charge in [-0.05, 0) is 57.2 Å². The Kier molecular flexibility index (Phi) is 10.2. The van der Waals surface area contributed by atoms with Gasteiger partial charge in [0.2, 0.25) is 5.91 Å². The van der Waals surface area contributed by atoms with Crippen molar-refractivity contribution >= 4 is 40.7 Å². The van der Waals surface area contributed by atoms with E-state index in [1.165, 1.54) is 24.9 Å². The van der Waals surface area contributed by atoms with Crippen LogP contribution in [0.4, 0.5) is 8.78 Å². The van der Waals surface area contributed by atoms with Crippen LogP contribution < -0.4 is 16.1 Å². The number of esters is 1. The number of pyridine rings is 1. The average molecular weight is 630 g/mol. The molecule has 45 heavy (non-hydrogen) atoms. The largest absolute Gasteiger partial charge is 0.451 e. The molecule has 3 N–H and O–H groups in total. The molecule has 2 aromatic rings. The summed E-state index contributed by atoms with van der Waals surface area (Å²) in [4.78, 5) is 58.1. The van der Waals surface area contributed by atoms with Crippen LogP contribution in [0.15, 0.2) is 36.4 Å². The molecule has 2 aliphatic rings. The number of fused-ring (bicyclic) bond motifs is 4. The number of nitrogens with zero attached hydrogens (tertiary/aromatic N) is 2. The Balaban J connectivity index is 1.75. The number of alkyl halides is 2. The zero-order chi connectivity index (χ0) is 33.1. The monoisotopic (exact) mass is 629 g/mol. The van der Waals surface area contributed by atoms with Crippen molar-refractivity contribution in [1.82, 2.24) is 26.1 Å². The predicted molar refractivity (Wildman–Crippen MR) is 162 cm³/mol. The van der Waals surface area contributed by atoms with Gasteiger partial charge in [0.25, 0.3) is 11.8 Å². The lowest BCUT2D eigenvalue weighted by Gasteiger charge is -2.35. The van der Waals surface area contributed by atoms with Crippen molar-refractivity contribution in [3.63, 3.8) is 0 Å². The lowest BCUT2D eigenvalue weighted by Crippen LogP contribution is -2.61. The van der Waals surface area contributed by atoms with E-state index < -0.39 is 66.1 Å². The van der Waals surface area contributed by atoms with Crippen molar-refractivity contribution in [2.75, 3.05) is 13.2 Å². The summed E-state index contributed by atoms with van der Waals surface area (Å²) in [6.07, 6.45) is -0.833. The molecule has 1 aromatic heterocycles. The van der Waals surface area contributed by atoms with Crippen LogP contribution in [0.5, 0.6) is 0 Å². The van der Waals surface area contributed by atoms with Crippen LogP contribution in [0.1, 0.15) is 71.7 Å². The van der Waals surface area contributed by atoms with Crippen LogP contribution in [0.2, 0.25) is 0 Å². The fourth-order valence-corrected chi connectivity index (χ4v) is 5.08. The quantitative estimate of drug-likeness (QED) is 0.436. The first-order valence-electron chi connectivity index (χ1n) is 15.1. The number of benzene rings is 1. The van der Waals surface area contributed by atoms with Crippen molar-refractivity contribution in [2.45, 2.75) is 84.7 Å². The second kappa shape index (κ2) is 13.6. The summed E-state index contributed by atoms with van der Waals surface area (Å²) < 4.78 is 37.9. The van der Waals surface area contributed by atoms with Crippen LogP contribution in [-0.4, -0.2) is 71.1 Å². The number of ether oxygens (including phenoxy) is 2. The van der Waals surface area contributed by atoms with E-state index in [1.807, 2.05) is 18.2 Å². The van der Waals surface area contributed by atoms with Gasteiger partial charge in [-0.15, -0.1) is 0 Å². The van der Waals surface area contributed by atoms with Gasteiger partial charge in [-0.2, -0.15) is 8.78 Å². The van der Waals surface area contributed by atoms with Crippen LogP contribution in [0, 0.1) is 11.3 Å².